The highest BCUT2D eigenvalue weighted by molar-refractivity contribution is 5.93. The molecule has 1 heterocycles. The minimum absolute atomic E-state index is 0.172. The molecule has 1 amide bonds. The number of rotatable bonds is 8. The van der Waals surface area contributed by atoms with Crippen LogP contribution in [0.15, 0.2) is 60.7 Å². The smallest absolute Gasteiger partial charge is 0.226 e. The largest absolute Gasteiger partial charge is 0.308 e. The molecule has 0 aliphatic carbocycles. The van der Waals surface area contributed by atoms with Crippen molar-refractivity contribution in [2.24, 2.45) is 0 Å². The van der Waals surface area contributed by atoms with Crippen molar-refractivity contribution in [1.29, 1.82) is 0 Å². The van der Waals surface area contributed by atoms with Crippen LogP contribution >= 0.6 is 0 Å². The van der Waals surface area contributed by atoms with Gasteiger partial charge in [0.1, 0.15) is 0 Å². The number of anilines is 1. The van der Waals surface area contributed by atoms with Gasteiger partial charge in [-0.2, -0.15) is 0 Å². The first-order chi connectivity index (χ1) is 13.7. The fraction of sp³-hybridized carbons (Fsp3) is 0.458. The van der Waals surface area contributed by atoms with E-state index in [1.165, 1.54) is 5.56 Å². The Morgan fingerprint density at radius 3 is 2.11 bits per heavy atom. The molecule has 1 atom stereocenters. The van der Waals surface area contributed by atoms with Gasteiger partial charge in [-0.15, -0.1) is 0 Å². The van der Waals surface area contributed by atoms with Crippen LogP contribution in [0, 0.1) is 0 Å². The van der Waals surface area contributed by atoms with Crippen molar-refractivity contribution in [3.05, 3.63) is 66.2 Å². The quantitative estimate of drug-likeness (QED) is 0.700. The van der Waals surface area contributed by atoms with Crippen LogP contribution in [0.2, 0.25) is 0 Å². The molecule has 2 aromatic carbocycles. The summed E-state index contributed by atoms with van der Waals surface area (Å²) in [6.45, 7) is 10.5. The lowest BCUT2D eigenvalue weighted by molar-refractivity contribution is -0.118. The number of piperazine rings is 1. The summed E-state index contributed by atoms with van der Waals surface area (Å²) in [4.78, 5) is 19.6. The zero-order chi connectivity index (χ0) is 19.8. The first-order valence-corrected chi connectivity index (χ1v) is 10.5. The van der Waals surface area contributed by atoms with E-state index in [0.717, 1.165) is 51.4 Å². The number of hydrogen-bond donors (Lipinski definition) is 0. The predicted molar refractivity (Wildman–Crippen MR) is 117 cm³/mol. The Hall–Kier alpha value is -2.17. The van der Waals surface area contributed by atoms with E-state index in [1.54, 1.807) is 0 Å². The zero-order valence-electron chi connectivity index (χ0n) is 17.3. The second kappa shape index (κ2) is 10.4. The van der Waals surface area contributed by atoms with E-state index >= 15 is 0 Å². The number of benzene rings is 2. The molecule has 0 saturated carbocycles. The maximum absolute atomic E-state index is 12.6. The Balaban J connectivity index is 1.49. The molecule has 28 heavy (non-hydrogen) atoms. The summed E-state index contributed by atoms with van der Waals surface area (Å²) in [5, 5.41) is 0. The van der Waals surface area contributed by atoms with Crippen molar-refractivity contribution < 1.29 is 4.79 Å². The molecule has 4 heteroatoms. The van der Waals surface area contributed by atoms with Crippen LogP contribution in [0.25, 0.3) is 0 Å². The molecule has 2 aromatic rings. The van der Waals surface area contributed by atoms with Gasteiger partial charge in [-0.05, 0) is 31.0 Å². The van der Waals surface area contributed by atoms with Crippen molar-refractivity contribution >= 4 is 11.6 Å². The summed E-state index contributed by atoms with van der Waals surface area (Å²) in [6, 6.07) is 21.0. The highest BCUT2D eigenvalue weighted by atomic mass is 16.2. The number of nitrogens with zero attached hydrogens (tertiary/aromatic N) is 3. The molecule has 3 rings (SSSR count). The Bertz CT molecular complexity index is 711. The number of carbonyl (C=O) groups excluding carboxylic acids is 1. The van der Waals surface area contributed by atoms with Crippen LogP contribution < -0.4 is 4.90 Å². The third-order valence-corrected chi connectivity index (χ3v) is 5.59. The molecule has 1 aliphatic heterocycles. The van der Waals surface area contributed by atoms with Gasteiger partial charge in [0.05, 0.1) is 0 Å². The fourth-order valence-electron chi connectivity index (χ4n) is 3.99. The molecule has 0 spiro atoms. The van der Waals surface area contributed by atoms with E-state index in [4.69, 9.17) is 0 Å². The van der Waals surface area contributed by atoms with E-state index in [0.29, 0.717) is 6.42 Å². The lowest BCUT2D eigenvalue weighted by Gasteiger charge is -2.38. The van der Waals surface area contributed by atoms with Crippen molar-refractivity contribution in [1.82, 2.24) is 9.80 Å². The van der Waals surface area contributed by atoms with E-state index in [-0.39, 0.29) is 11.9 Å². The molecular weight excluding hydrogens is 346 g/mol. The zero-order valence-corrected chi connectivity index (χ0v) is 17.3. The van der Waals surface area contributed by atoms with Crippen molar-refractivity contribution in [2.75, 3.05) is 44.2 Å². The van der Waals surface area contributed by atoms with E-state index < -0.39 is 0 Å². The van der Waals surface area contributed by atoms with Crippen LogP contribution in [0.1, 0.15) is 25.8 Å². The topological polar surface area (TPSA) is 26.8 Å². The Morgan fingerprint density at radius 2 is 1.50 bits per heavy atom. The minimum atomic E-state index is 0.172. The van der Waals surface area contributed by atoms with E-state index in [2.05, 4.69) is 47.1 Å². The van der Waals surface area contributed by atoms with Gasteiger partial charge in [0, 0.05) is 57.4 Å². The molecule has 150 valence electrons. The van der Waals surface area contributed by atoms with Crippen molar-refractivity contribution in [3.63, 3.8) is 0 Å². The minimum Gasteiger partial charge on any atom is -0.308 e. The SMILES string of the molecule is CCC(=O)N(c1ccccc1)C(C)CN1CCN(CCc2ccccc2)CC1. The average Bonchev–Trinajstić information content (AvgIpc) is 2.75. The second-order valence-corrected chi connectivity index (χ2v) is 7.68. The van der Waals surface area contributed by atoms with Gasteiger partial charge in [0.2, 0.25) is 5.91 Å². The maximum atomic E-state index is 12.6. The fourth-order valence-corrected chi connectivity index (χ4v) is 3.99. The van der Waals surface area contributed by atoms with Crippen molar-refractivity contribution in [3.8, 4) is 0 Å². The number of carbonyl (C=O) groups is 1. The number of amides is 1. The summed E-state index contributed by atoms with van der Waals surface area (Å²) < 4.78 is 0. The van der Waals surface area contributed by atoms with Gasteiger partial charge in [-0.3, -0.25) is 9.69 Å². The normalized spacial score (nSPS) is 16.6. The molecule has 0 aromatic heterocycles. The second-order valence-electron chi connectivity index (χ2n) is 7.68. The van der Waals surface area contributed by atoms with Crippen LogP contribution in [0.3, 0.4) is 0 Å². The highest BCUT2D eigenvalue weighted by Crippen LogP contribution is 2.19. The number of hydrogen-bond acceptors (Lipinski definition) is 3. The molecule has 0 bridgehead atoms. The van der Waals surface area contributed by atoms with Crippen LogP contribution in [0.4, 0.5) is 5.69 Å². The molecule has 4 nitrogen and oxygen atoms in total. The maximum Gasteiger partial charge on any atom is 0.226 e. The van der Waals surface area contributed by atoms with Crippen LogP contribution in [-0.4, -0.2) is 61.0 Å². The Morgan fingerprint density at radius 1 is 0.929 bits per heavy atom. The molecule has 1 aliphatic rings. The Kier molecular flexibility index (Phi) is 7.63. The third kappa shape index (κ3) is 5.66. The summed E-state index contributed by atoms with van der Waals surface area (Å²) in [6.07, 6.45) is 1.65. The standard InChI is InChI=1S/C24H33N3O/c1-3-24(28)27(23-12-8-5-9-13-23)21(2)20-26-18-16-25(17-19-26)15-14-22-10-6-4-7-11-22/h4-13,21H,3,14-20H2,1-2H3. The molecule has 1 unspecified atom stereocenters. The van der Waals surface area contributed by atoms with Gasteiger partial charge in [0.15, 0.2) is 0 Å². The van der Waals surface area contributed by atoms with Crippen LogP contribution in [0.5, 0.6) is 0 Å². The molecule has 1 fully saturated rings. The Labute approximate surface area is 169 Å². The third-order valence-electron chi connectivity index (χ3n) is 5.59. The first-order valence-electron chi connectivity index (χ1n) is 10.5. The van der Waals surface area contributed by atoms with Crippen molar-refractivity contribution in [2.45, 2.75) is 32.7 Å². The molecule has 0 radical (unpaired) electrons. The molecule has 0 N–H and O–H groups in total. The highest BCUT2D eigenvalue weighted by Gasteiger charge is 2.24. The first kappa shape index (κ1) is 20.6. The summed E-state index contributed by atoms with van der Waals surface area (Å²) >= 11 is 0. The summed E-state index contributed by atoms with van der Waals surface area (Å²) in [5.41, 5.74) is 2.42. The van der Waals surface area contributed by atoms with E-state index in [1.807, 2.05) is 42.2 Å². The number of para-hydroxylation sites is 1. The monoisotopic (exact) mass is 379 g/mol. The van der Waals surface area contributed by atoms with Crippen LogP contribution in [-0.2, 0) is 11.2 Å². The predicted octanol–water partition coefficient (Wildman–Crippen LogP) is 3.68. The lowest BCUT2D eigenvalue weighted by atomic mass is 10.1. The average molecular weight is 380 g/mol. The summed E-state index contributed by atoms with van der Waals surface area (Å²) in [5.74, 6) is 0.195. The summed E-state index contributed by atoms with van der Waals surface area (Å²) in [7, 11) is 0. The van der Waals surface area contributed by atoms with Gasteiger partial charge in [-0.25, -0.2) is 0 Å². The van der Waals surface area contributed by atoms with Gasteiger partial charge >= 0.3 is 0 Å². The van der Waals surface area contributed by atoms with Gasteiger partial charge in [0.25, 0.3) is 0 Å². The lowest BCUT2D eigenvalue weighted by Crippen LogP contribution is -2.52. The molecule has 1 saturated heterocycles. The molecular formula is C24H33N3O. The van der Waals surface area contributed by atoms with E-state index in [9.17, 15) is 4.79 Å². The van der Waals surface area contributed by atoms with Gasteiger partial charge < -0.3 is 9.80 Å². The van der Waals surface area contributed by atoms with Gasteiger partial charge in [-0.1, -0.05) is 55.5 Å².